The minimum absolute atomic E-state index is 0.0283. The van der Waals surface area contributed by atoms with Crippen molar-refractivity contribution in [2.45, 2.75) is 29.1 Å². The first-order chi connectivity index (χ1) is 15.2. The molecule has 2 aliphatic rings. The van der Waals surface area contributed by atoms with E-state index in [2.05, 4.69) is 0 Å². The predicted molar refractivity (Wildman–Crippen MR) is 110 cm³/mol. The van der Waals surface area contributed by atoms with E-state index in [1.165, 1.54) is 36.4 Å². The second kappa shape index (κ2) is 6.93. The summed E-state index contributed by atoms with van der Waals surface area (Å²) >= 11 is 0. The van der Waals surface area contributed by atoms with Gasteiger partial charge in [0.15, 0.2) is 11.6 Å². The van der Waals surface area contributed by atoms with Gasteiger partial charge in [-0.2, -0.15) is 0 Å². The molecule has 3 aromatic rings. The average molecular weight is 450 g/mol. The third kappa shape index (κ3) is 2.83. The van der Waals surface area contributed by atoms with Crippen LogP contribution in [0.5, 0.6) is 5.75 Å². The van der Waals surface area contributed by atoms with Gasteiger partial charge in [0.2, 0.25) is 9.84 Å². The zero-order chi connectivity index (χ0) is 22.8. The molecule has 1 aliphatic carbocycles. The Labute approximate surface area is 182 Å². The number of benzene rings is 3. The third-order valence-corrected chi connectivity index (χ3v) is 7.64. The lowest BCUT2D eigenvalue weighted by Crippen LogP contribution is -2.21. The topological polar surface area (TPSA) is 94.6 Å². The van der Waals surface area contributed by atoms with E-state index < -0.39 is 27.4 Å². The fourth-order valence-electron chi connectivity index (χ4n) is 4.28. The summed E-state index contributed by atoms with van der Waals surface area (Å²) < 4.78 is 45.7. The molecule has 32 heavy (non-hydrogen) atoms. The van der Waals surface area contributed by atoms with E-state index >= 15 is 0 Å². The Bertz CT molecular complexity index is 1470. The monoisotopic (exact) mass is 450 g/mol. The summed E-state index contributed by atoms with van der Waals surface area (Å²) in [6.07, 6.45) is 0.111. The molecule has 0 spiro atoms. The molecule has 160 valence electrons. The first kappa shape index (κ1) is 20.3. The van der Waals surface area contributed by atoms with Crippen LogP contribution in [0.3, 0.4) is 0 Å². The smallest absolute Gasteiger partial charge is 0.343 e. The number of rotatable bonds is 2. The summed E-state index contributed by atoms with van der Waals surface area (Å²) in [5.41, 5.74) is 0.156. The molecule has 0 N–H and O–H groups in total. The Hall–Kier alpha value is -3.65. The van der Waals surface area contributed by atoms with Gasteiger partial charge in [-0.05, 0) is 48.4 Å². The number of carbonyl (C=O) groups is 3. The molecule has 0 amide bonds. The van der Waals surface area contributed by atoms with Crippen molar-refractivity contribution in [3.8, 4) is 5.75 Å². The van der Waals surface area contributed by atoms with Gasteiger partial charge in [-0.1, -0.05) is 19.1 Å². The molecule has 1 atom stereocenters. The molecule has 8 heteroatoms. The molecule has 3 aromatic carbocycles. The molecule has 0 bridgehead atoms. The van der Waals surface area contributed by atoms with Gasteiger partial charge in [0.1, 0.15) is 11.6 Å². The maximum atomic E-state index is 14.2. The SMILES string of the molecule is CC1CC(=O)c2c(OC(=O)c3ccc4c(c3)S(=O)(=O)c3ccccc3C4=O)ccc(F)c21. The fraction of sp³-hybridized carbons (Fsp3) is 0.125. The molecule has 0 saturated heterocycles. The van der Waals surface area contributed by atoms with Crippen molar-refractivity contribution in [2.75, 3.05) is 0 Å². The third-order valence-electron chi connectivity index (χ3n) is 5.79. The van der Waals surface area contributed by atoms with E-state index in [0.29, 0.717) is 0 Å². The number of Topliss-reactive ketones (excluding diaryl/α,β-unsaturated/α-hetero) is 1. The Morgan fingerprint density at radius 2 is 1.72 bits per heavy atom. The van der Waals surface area contributed by atoms with Crippen LogP contribution in [0.1, 0.15) is 61.5 Å². The van der Waals surface area contributed by atoms with Crippen LogP contribution in [0.2, 0.25) is 0 Å². The van der Waals surface area contributed by atoms with Gasteiger partial charge >= 0.3 is 5.97 Å². The van der Waals surface area contributed by atoms with E-state index in [1.807, 2.05) is 0 Å². The molecule has 1 aliphatic heterocycles. The van der Waals surface area contributed by atoms with E-state index in [-0.39, 0.29) is 61.5 Å². The van der Waals surface area contributed by atoms with Gasteiger partial charge < -0.3 is 4.74 Å². The van der Waals surface area contributed by atoms with Gasteiger partial charge in [0.25, 0.3) is 0 Å². The van der Waals surface area contributed by atoms with Crippen LogP contribution in [-0.4, -0.2) is 26.0 Å². The molecule has 0 saturated carbocycles. The summed E-state index contributed by atoms with van der Waals surface area (Å²) in [4.78, 5) is 37.5. The Kier molecular flexibility index (Phi) is 4.39. The molecule has 1 heterocycles. The van der Waals surface area contributed by atoms with Crippen molar-refractivity contribution in [3.63, 3.8) is 0 Å². The molecular formula is C24H15FO6S. The van der Waals surface area contributed by atoms with Gasteiger partial charge in [-0.25, -0.2) is 17.6 Å². The van der Waals surface area contributed by atoms with Gasteiger partial charge in [0.05, 0.1) is 20.9 Å². The highest BCUT2D eigenvalue weighted by atomic mass is 32.2. The number of esters is 1. The summed E-state index contributed by atoms with van der Waals surface area (Å²) in [7, 11) is -4.03. The van der Waals surface area contributed by atoms with Crippen molar-refractivity contribution < 1.29 is 31.9 Å². The van der Waals surface area contributed by atoms with E-state index in [1.54, 1.807) is 13.0 Å². The number of ether oxygens (including phenoxy) is 1. The second-order valence-corrected chi connectivity index (χ2v) is 9.68. The molecule has 0 radical (unpaired) electrons. The number of hydrogen-bond donors (Lipinski definition) is 0. The first-order valence-electron chi connectivity index (χ1n) is 9.81. The minimum atomic E-state index is -4.03. The number of fused-ring (bicyclic) bond motifs is 3. The molecule has 0 fully saturated rings. The number of carbonyl (C=O) groups excluding carboxylic acids is 3. The van der Waals surface area contributed by atoms with Crippen LogP contribution < -0.4 is 4.74 Å². The van der Waals surface area contributed by atoms with Crippen molar-refractivity contribution in [2.24, 2.45) is 0 Å². The molecular weight excluding hydrogens is 435 g/mol. The Morgan fingerprint density at radius 1 is 1.00 bits per heavy atom. The highest BCUT2D eigenvalue weighted by molar-refractivity contribution is 7.91. The maximum absolute atomic E-state index is 14.2. The van der Waals surface area contributed by atoms with Crippen LogP contribution in [0, 0.1) is 5.82 Å². The minimum Gasteiger partial charge on any atom is -0.422 e. The average Bonchev–Trinajstić information content (AvgIpc) is 3.09. The van der Waals surface area contributed by atoms with Crippen LogP contribution in [-0.2, 0) is 9.84 Å². The molecule has 6 nitrogen and oxygen atoms in total. The zero-order valence-electron chi connectivity index (χ0n) is 16.7. The van der Waals surface area contributed by atoms with Crippen molar-refractivity contribution >= 4 is 27.4 Å². The van der Waals surface area contributed by atoms with Crippen LogP contribution in [0.25, 0.3) is 0 Å². The number of sulfone groups is 1. The van der Waals surface area contributed by atoms with E-state index in [0.717, 1.165) is 12.1 Å². The number of ketones is 2. The number of hydrogen-bond acceptors (Lipinski definition) is 6. The summed E-state index contributed by atoms with van der Waals surface area (Å²) in [6.45, 7) is 1.71. The van der Waals surface area contributed by atoms with Gasteiger partial charge in [0, 0.05) is 23.1 Å². The zero-order valence-corrected chi connectivity index (χ0v) is 17.5. The molecule has 5 rings (SSSR count). The van der Waals surface area contributed by atoms with Crippen LogP contribution in [0.15, 0.2) is 64.4 Å². The molecule has 0 aromatic heterocycles. The highest BCUT2D eigenvalue weighted by Crippen LogP contribution is 2.40. The van der Waals surface area contributed by atoms with Gasteiger partial charge in [-0.3, -0.25) is 9.59 Å². The first-order valence-corrected chi connectivity index (χ1v) is 11.3. The van der Waals surface area contributed by atoms with Crippen molar-refractivity contribution in [1.29, 1.82) is 0 Å². The normalized spacial score (nSPS) is 18.0. The molecule has 1 unspecified atom stereocenters. The fourth-order valence-corrected chi connectivity index (χ4v) is 5.96. The van der Waals surface area contributed by atoms with E-state index in [9.17, 15) is 27.2 Å². The Balaban J connectivity index is 1.55. The summed E-state index contributed by atoms with van der Waals surface area (Å²) in [5, 5.41) is 0. The summed E-state index contributed by atoms with van der Waals surface area (Å²) in [6, 6.07) is 11.8. The number of halogens is 1. The van der Waals surface area contributed by atoms with E-state index in [4.69, 9.17) is 4.74 Å². The lowest BCUT2D eigenvalue weighted by atomic mass is 10.0. The van der Waals surface area contributed by atoms with Gasteiger partial charge in [-0.15, -0.1) is 0 Å². The second-order valence-electron chi connectivity index (χ2n) is 7.79. The Morgan fingerprint density at radius 3 is 2.50 bits per heavy atom. The highest BCUT2D eigenvalue weighted by Gasteiger charge is 2.36. The van der Waals surface area contributed by atoms with Crippen LogP contribution >= 0.6 is 0 Å². The van der Waals surface area contributed by atoms with Crippen molar-refractivity contribution in [1.82, 2.24) is 0 Å². The summed E-state index contributed by atoms with van der Waals surface area (Å²) in [5.74, 6) is -2.67. The largest absolute Gasteiger partial charge is 0.422 e. The lowest BCUT2D eigenvalue weighted by molar-refractivity contribution is 0.0731. The quantitative estimate of drug-likeness (QED) is 0.337. The predicted octanol–water partition coefficient (Wildman–Crippen LogP) is 4.11. The standard InChI is InChI=1S/C24H15FO6S/c1-12-10-17(26)22-18(9-8-16(25)21(12)22)31-24(28)13-6-7-15-20(11-13)32(29,30)19-5-3-2-4-14(19)23(15)27/h2-9,11-12H,10H2,1H3. The van der Waals surface area contributed by atoms with Crippen LogP contribution in [0.4, 0.5) is 4.39 Å². The van der Waals surface area contributed by atoms with Crippen molar-refractivity contribution in [3.05, 3.63) is 88.2 Å². The maximum Gasteiger partial charge on any atom is 0.343 e. The lowest BCUT2D eigenvalue weighted by Gasteiger charge is -2.19.